The second-order valence-corrected chi connectivity index (χ2v) is 3.74. The molecule has 1 heteroatoms. The lowest BCUT2D eigenvalue weighted by Gasteiger charge is -2.08. The molecule has 0 N–H and O–H groups in total. The van der Waals surface area contributed by atoms with Gasteiger partial charge in [0.2, 0.25) is 6.58 Å². The second-order valence-electron chi connectivity index (χ2n) is 3.74. The van der Waals surface area contributed by atoms with Crippen LogP contribution >= 0.6 is 0 Å². The van der Waals surface area contributed by atoms with Gasteiger partial charge in [0.25, 0.3) is 0 Å². The van der Waals surface area contributed by atoms with Crippen molar-refractivity contribution in [2.45, 2.75) is 12.3 Å². The van der Waals surface area contributed by atoms with Crippen molar-refractivity contribution in [1.82, 2.24) is 4.98 Å². The Hall–Kier alpha value is -1.98. The monoisotopic (exact) mass is 208 g/mol. The van der Waals surface area contributed by atoms with Gasteiger partial charge < -0.3 is 0 Å². The van der Waals surface area contributed by atoms with Crippen LogP contribution in [0, 0.1) is 6.58 Å². The molecule has 1 nitrogen and oxygen atoms in total. The first-order valence-electron chi connectivity index (χ1n) is 5.37. The highest BCUT2D eigenvalue weighted by Gasteiger charge is 2.09. The second kappa shape index (κ2) is 4.69. The molecule has 0 saturated carbocycles. The average molecular weight is 208 g/mol. The van der Waals surface area contributed by atoms with E-state index in [1.165, 1.54) is 0 Å². The van der Waals surface area contributed by atoms with Gasteiger partial charge >= 0.3 is 0 Å². The van der Waals surface area contributed by atoms with Crippen LogP contribution in [0.25, 0.3) is 10.9 Å². The molecular formula is C15H14N+. The number of hydrogen-bond donors (Lipinski definition) is 0. The summed E-state index contributed by atoms with van der Waals surface area (Å²) in [4.78, 5) is 4.62. The molecule has 0 bridgehead atoms. The van der Waals surface area contributed by atoms with Crippen LogP contribution in [-0.4, -0.2) is 4.98 Å². The van der Waals surface area contributed by atoms with Crippen LogP contribution in [-0.2, 0) is 0 Å². The van der Waals surface area contributed by atoms with Crippen LogP contribution in [0.1, 0.15) is 18.0 Å². The molecule has 0 saturated heterocycles. The minimum atomic E-state index is 0.203. The standard InChI is InChI=1S/C15H14N/c1-3-7-12(4-2)15-11-10-13-8-5-6-9-14(13)16-15/h1,3-6,8-12H,2,7H2/q+1. The van der Waals surface area contributed by atoms with Gasteiger partial charge in [-0.1, -0.05) is 30.3 Å². The van der Waals surface area contributed by atoms with Gasteiger partial charge in [0, 0.05) is 23.4 Å². The Bertz CT molecular complexity index is 514. The minimum absolute atomic E-state index is 0.203. The third-order valence-corrected chi connectivity index (χ3v) is 2.67. The number of para-hydroxylation sites is 1. The predicted molar refractivity (Wildman–Crippen MR) is 68.2 cm³/mol. The summed E-state index contributed by atoms with van der Waals surface area (Å²) < 4.78 is 0. The zero-order chi connectivity index (χ0) is 11.4. The van der Waals surface area contributed by atoms with Gasteiger partial charge in [-0.25, -0.2) is 0 Å². The maximum absolute atomic E-state index is 5.45. The highest BCUT2D eigenvalue weighted by Crippen LogP contribution is 2.21. The van der Waals surface area contributed by atoms with Gasteiger partial charge in [0.1, 0.15) is 0 Å². The number of pyridine rings is 1. The Morgan fingerprint density at radius 2 is 2.06 bits per heavy atom. The van der Waals surface area contributed by atoms with Crippen molar-refractivity contribution in [2.24, 2.45) is 0 Å². The molecule has 0 fully saturated rings. The fraction of sp³-hybridized carbons (Fsp3) is 0.133. The Morgan fingerprint density at radius 3 is 2.81 bits per heavy atom. The molecular weight excluding hydrogens is 194 g/mol. The fourth-order valence-corrected chi connectivity index (χ4v) is 1.77. The maximum atomic E-state index is 5.45. The van der Waals surface area contributed by atoms with Crippen molar-refractivity contribution >= 4 is 10.9 Å². The van der Waals surface area contributed by atoms with E-state index >= 15 is 0 Å². The summed E-state index contributed by atoms with van der Waals surface area (Å²) in [6.45, 7) is 9.27. The van der Waals surface area contributed by atoms with E-state index in [1.807, 2.05) is 30.3 Å². The van der Waals surface area contributed by atoms with Crippen molar-refractivity contribution in [1.29, 1.82) is 0 Å². The largest absolute Gasteiger partial charge is 0.252 e. The lowest BCUT2D eigenvalue weighted by molar-refractivity contribution is 0.833. The van der Waals surface area contributed by atoms with E-state index in [-0.39, 0.29) is 5.92 Å². The molecule has 2 aromatic rings. The molecule has 0 aliphatic carbocycles. The molecule has 0 amide bonds. The molecule has 16 heavy (non-hydrogen) atoms. The SMILES string of the molecule is [CH+]=CCC(C=C)c1ccc2ccccc2n1. The molecule has 0 aliphatic heterocycles. The molecule has 1 heterocycles. The van der Waals surface area contributed by atoms with Crippen LogP contribution in [0.3, 0.4) is 0 Å². The average Bonchev–Trinajstić information content (AvgIpc) is 2.35. The van der Waals surface area contributed by atoms with Gasteiger partial charge in [-0.05, 0) is 12.1 Å². The van der Waals surface area contributed by atoms with Crippen LogP contribution < -0.4 is 0 Å². The lowest BCUT2D eigenvalue weighted by Crippen LogP contribution is -1.97. The van der Waals surface area contributed by atoms with Crippen LogP contribution in [0.5, 0.6) is 0 Å². The van der Waals surface area contributed by atoms with E-state index in [4.69, 9.17) is 6.58 Å². The first kappa shape index (κ1) is 10.5. The molecule has 1 atom stereocenters. The van der Waals surface area contributed by atoms with Crippen molar-refractivity contribution in [2.75, 3.05) is 0 Å². The zero-order valence-corrected chi connectivity index (χ0v) is 9.13. The van der Waals surface area contributed by atoms with E-state index in [0.29, 0.717) is 0 Å². The fourth-order valence-electron chi connectivity index (χ4n) is 1.77. The van der Waals surface area contributed by atoms with Gasteiger partial charge in [-0.3, -0.25) is 4.98 Å². The summed E-state index contributed by atoms with van der Waals surface area (Å²) >= 11 is 0. The van der Waals surface area contributed by atoms with E-state index in [9.17, 15) is 0 Å². The highest BCUT2D eigenvalue weighted by molar-refractivity contribution is 5.78. The summed E-state index contributed by atoms with van der Waals surface area (Å²) in [6.07, 6.45) is 4.32. The zero-order valence-electron chi connectivity index (χ0n) is 9.13. The Labute approximate surface area is 96.1 Å². The Kier molecular flexibility index (Phi) is 3.09. The third-order valence-electron chi connectivity index (χ3n) is 2.67. The molecule has 1 aromatic carbocycles. The minimum Gasteiger partial charge on any atom is -0.252 e. The number of aromatic nitrogens is 1. The van der Waals surface area contributed by atoms with E-state index < -0.39 is 0 Å². The van der Waals surface area contributed by atoms with E-state index in [0.717, 1.165) is 23.0 Å². The Morgan fingerprint density at radius 1 is 1.25 bits per heavy atom. The van der Waals surface area contributed by atoms with E-state index in [1.54, 1.807) is 6.08 Å². The molecule has 0 aliphatic rings. The topological polar surface area (TPSA) is 12.9 Å². The lowest BCUT2D eigenvalue weighted by atomic mass is 10.0. The highest BCUT2D eigenvalue weighted by atomic mass is 14.7. The summed E-state index contributed by atoms with van der Waals surface area (Å²) in [5, 5.41) is 1.16. The van der Waals surface area contributed by atoms with Crippen LogP contribution in [0.4, 0.5) is 0 Å². The van der Waals surface area contributed by atoms with Crippen molar-refractivity contribution in [3.05, 3.63) is 67.4 Å². The van der Waals surface area contributed by atoms with Crippen molar-refractivity contribution in [3.63, 3.8) is 0 Å². The summed E-state index contributed by atoms with van der Waals surface area (Å²) in [5.41, 5.74) is 2.04. The summed E-state index contributed by atoms with van der Waals surface area (Å²) in [5.74, 6) is 0.203. The van der Waals surface area contributed by atoms with Gasteiger partial charge in [0.05, 0.1) is 5.52 Å². The van der Waals surface area contributed by atoms with Gasteiger partial charge in [-0.15, -0.1) is 6.58 Å². The van der Waals surface area contributed by atoms with Crippen molar-refractivity contribution in [3.8, 4) is 0 Å². The van der Waals surface area contributed by atoms with Crippen LogP contribution in [0.2, 0.25) is 0 Å². The predicted octanol–water partition coefficient (Wildman–Crippen LogP) is 3.88. The molecule has 78 valence electrons. The first-order valence-corrected chi connectivity index (χ1v) is 5.37. The first-order chi connectivity index (χ1) is 7.85. The third kappa shape index (κ3) is 2.00. The van der Waals surface area contributed by atoms with E-state index in [2.05, 4.69) is 23.7 Å². The number of rotatable bonds is 4. The molecule has 0 radical (unpaired) electrons. The Balaban J connectivity index is 2.45. The summed E-state index contributed by atoms with van der Waals surface area (Å²) in [7, 11) is 0. The molecule has 1 unspecified atom stereocenters. The molecule has 1 aromatic heterocycles. The quantitative estimate of drug-likeness (QED) is 0.549. The van der Waals surface area contributed by atoms with Gasteiger partial charge in [-0.2, -0.15) is 0 Å². The maximum Gasteiger partial charge on any atom is 0.201 e. The van der Waals surface area contributed by atoms with Crippen molar-refractivity contribution < 1.29 is 0 Å². The number of allylic oxidation sites excluding steroid dienone is 2. The molecule has 2 rings (SSSR count). The summed E-state index contributed by atoms with van der Waals surface area (Å²) in [6, 6.07) is 12.2. The smallest absolute Gasteiger partial charge is 0.201 e. The number of nitrogens with zero attached hydrogens (tertiary/aromatic N) is 1. The molecule has 0 spiro atoms. The normalized spacial score (nSPS) is 12.2. The van der Waals surface area contributed by atoms with Gasteiger partial charge in [0.15, 0.2) is 6.08 Å². The number of benzene rings is 1. The number of hydrogen-bond acceptors (Lipinski definition) is 1. The number of fused-ring (bicyclic) bond motifs is 1. The van der Waals surface area contributed by atoms with Crippen LogP contribution in [0.15, 0.2) is 55.1 Å².